The van der Waals surface area contributed by atoms with E-state index in [1.165, 1.54) is 0 Å². The predicted octanol–water partition coefficient (Wildman–Crippen LogP) is 1.23. The Bertz CT molecular complexity index is 596. The van der Waals surface area contributed by atoms with Crippen LogP contribution in [0.25, 0.3) is 0 Å². The number of urea groups is 1. The first-order valence-electron chi connectivity index (χ1n) is 7.17. The van der Waals surface area contributed by atoms with Crippen LogP contribution in [0.3, 0.4) is 0 Å². The van der Waals surface area contributed by atoms with E-state index in [0.717, 1.165) is 11.4 Å². The minimum atomic E-state index is -0.193. The molecule has 0 spiro atoms. The van der Waals surface area contributed by atoms with Crippen LogP contribution in [0.2, 0.25) is 0 Å². The smallest absolute Gasteiger partial charge is 0.315 e. The van der Waals surface area contributed by atoms with Gasteiger partial charge in [-0.2, -0.15) is 0 Å². The monoisotopic (exact) mass is 302 g/mol. The number of amides is 2. The van der Waals surface area contributed by atoms with Gasteiger partial charge in [-0.1, -0.05) is 6.07 Å². The third kappa shape index (κ3) is 4.47. The summed E-state index contributed by atoms with van der Waals surface area (Å²) in [5, 5.41) is 5.77. The molecule has 1 atom stereocenters. The molecule has 7 heteroatoms. The van der Waals surface area contributed by atoms with Gasteiger partial charge in [-0.05, 0) is 13.0 Å². The summed E-state index contributed by atoms with van der Waals surface area (Å²) < 4.78 is 1.93. The molecule has 0 radical (unpaired) electrons. The van der Waals surface area contributed by atoms with Crippen LogP contribution in [0.4, 0.5) is 10.6 Å². The Morgan fingerprint density at radius 1 is 1.41 bits per heavy atom. The number of carbonyl (C=O) groups is 1. The Balaban J connectivity index is 1.83. The molecule has 0 fully saturated rings. The number of anilines is 1. The third-order valence-corrected chi connectivity index (χ3v) is 3.15. The highest BCUT2D eigenvalue weighted by Gasteiger charge is 2.09. The maximum atomic E-state index is 12.0. The number of carbonyl (C=O) groups excluding carboxylic acids is 1. The first-order chi connectivity index (χ1) is 10.6. The second-order valence-electron chi connectivity index (χ2n) is 5.37. The van der Waals surface area contributed by atoms with Crippen molar-refractivity contribution in [2.24, 2.45) is 0 Å². The maximum absolute atomic E-state index is 12.0. The Morgan fingerprint density at radius 2 is 2.23 bits per heavy atom. The van der Waals surface area contributed by atoms with Crippen molar-refractivity contribution in [3.63, 3.8) is 0 Å². The summed E-state index contributed by atoms with van der Waals surface area (Å²) >= 11 is 0. The Morgan fingerprint density at radius 3 is 2.91 bits per heavy atom. The molecule has 0 aromatic carbocycles. The lowest BCUT2D eigenvalue weighted by Gasteiger charge is -2.18. The van der Waals surface area contributed by atoms with Crippen LogP contribution in [-0.2, 0) is 13.1 Å². The fourth-order valence-corrected chi connectivity index (χ4v) is 2.18. The van der Waals surface area contributed by atoms with Gasteiger partial charge in [0.25, 0.3) is 0 Å². The van der Waals surface area contributed by atoms with Crippen molar-refractivity contribution in [3.8, 4) is 0 Å². The van der Waals surface area contributed by atoms with E-state index >= 15 is 0 Å². The van der Waals surface area contributed by atoms with Gasteiger partial charge in [0.1, 0.15) is 5.82 Å². The summed E-state index contributed by atoms with van der Waals surface area (Å²) in [6.45, 7) is 3.07. The summed E-state index contributed by atoms with van der Waals surface area (Å²) in [5.41, 5.74) is 0.977. The lowest BCUT2D eigenvalue weighted by Crippen LogP contribution is -2.42. The maximum Gasteiger partial charge on any atom is 0.315 e. The van der Waals surface area contributed by atoms with E-state index in [0.29, 0.717) is 13.1 Å². The van der Waals surface area contributed by atoms with Crippen LogP contribution >= 0.6 is 0 Å². The molecule has 2 heterocycles. The summed E-state index contributed by atoms with van der Waals surface area (Å²) in [4.78, 5) is 22.2. The van der Waals surface area contributed by atoms with Gasteiger partial charge in [0.2, 0.25) is 0 Å². The van der Waals surface area contributed by atoms with Gasteiger partial charge < -0.3 is 20.1 Å². The molecule has 0 aliphatic carbocycles. The van der Waals surface area contributed by atoms with Crippen molar-refractivity contribution in [3.05, 3.63) is 42.6 Å². The number of hydrogen-bond acceptors (Lipinski definition) is 4. The van der Waals surface area contributed by atoms with Gasteiger partial charge in [0.15, 0.2) is 0 Å². The molecule has 2 amide bonds. The SMILES string of the molecule is C[C@H](Cn1ccnc1)NC(=O)NCc1cccnc1N(C)C. The average Bonchev–Trinajstić information content (AvgIpc) is 2.98. The van der Waals surface area contributed by atoms with Crippen LogP contribution in [-0.4, -0.2) is 40.7 Å². The quantitative estimate of drug-likeness (QED) is 0.841. The number of pyridine rings is 1. The summed E-state index contributed by atoms with van der Waals surface area (Å²) in [7, 11) is 3.86. The molecular formula is C15H22N6O. The fourth-order valence-electron chi connectivity index (χ4n) is 2.18. The highest BCUT2D eigenvalue weighted by molar-refractivity contribution is 5.74. The van der Waals surface area contributed by atoms with Crippen LogP contribution in [0.5, 0.6) is 0 Å². The molecule has 0 bridgehead atoms. The first-order valence-corrected chi connectivity index (χ1v) is 7.17. The molecule has 2 aromatic rings. The van der Waals surface area contributed by atoms with Crippen LogP contribution < -0.4 is 15.5 Å². The molecule has 2 N–H and O–H groups in total. The highest BCUT2D eigenvalue weighted by atomic mass is 16.2. The molecule has 7 nitrogen and oxygen atoms in total. The second kappa shape index (κ2) is 7.44. The lowest BCUT2D eigenvalue weighted by molar-refractivity contribution is 0.236. The average molecular weight is 302 g/mol. The normalized spacial score (nSPS) is 11.8. The summed E-state index contributed by atoms with van der Waals surface area (Å²) in [5.74, 6) is 0.856. The fraction of sp³-hybridized carbons (Fsp3) is 0.400. The van der Waals surface area contributed by atoms with Crippen molar-refractivity contribution in [1.82, 2.24) is 25.2 Å². The third-order valence-electron chi connectivity index (χ3n) is 3.15. The van der Waals surface area contributed by atoms with Gasteiger partial charge >= 0.3 is 6.03 Å². The lowest BCUT2D eigenvalue weighted by atomic mass is 10.2. The second-order valence-corrected chi connectivity index (χ2v) is 5.37. The van der Waals surface area contributed by atoms with Gasteiger partial charge in [0.05, 0.1) is 6.33 Å². The standard InChI is InChI=1S/C15H22N6O/c1-12(10-21-8-7-16-11-21)19-15(22)18-9-13-5-4-6-17-14(13)20(2)3/h4-8,11-12H,9-10H2,1-3H3,(H2,18,19,22)/t12-/m1/s1. The number of hydrogen-bond donors (Lipinski definition) is 2. The zero-order valence-corrected chi connectivity index (χ0v) is 13.2. The van der Waals surface area contributed by atoms with Crippen molar-refractivity contribution < 1.29 is 4.79 Å². The number of aromatic nitrogens is 3. The zero-order chi connectivity index (χ0) is 15.9. The topological polar surface area (TPSA) is 75.1 Å². The number of nitrogens with one attached hydrogen (secondary N) is 2. The van der Waals surface area contributed by atoms with Crippen molar-refractivity contribution in [1.29, 1.82) is 0 Å². The molecule has 22 heavy (non-hydrogen) atoms. The molecule has 2 aromatic heterocycles. The largest absolute Gasteiger partial charge is 0.362 e. The highest BCUT2D eigenvalue weighted by Crippen LogP contribution is 2.13. The van der Waals surface area contributed by atoms with E-state index in [9.17, 15) is 4.79 Å². The van der Waals surface area contributed by atoms with Crippen LogP contribution in [0.15, 0.2) is 37.1 Å². The van der Waals surface area contributed by atoms with E-state index < -0.39 is 0 Å². The predicted molar refractivity (Wildman–Crippen MR) is 85.6 cm³/mol. The van der Waals surface area contributed by atoms with Gasteiger partial charge in [-0.3, -0.25) is 0 Å². The van der Waals surface area contributed by atoms with E-state index in [-0.39, 0.29) is 12.1 Å². The van der Waals surface area contributed by atoms with E-state index in [1.54, 1.807) is 18.7 Å². The molecule has 0 saturated heterocycles. The molecule has 0 aliphatic heterocycles. The Labute approximate surface area is 130 Å². The minimum absolute atomic E-state index is 0.0106. The van der Waals surface area contributed by atoms with Crippen LogP contribution in [0, 0.1) is 0 Å². The van der Waals surface area contributed by atoms with Gasteiger partial charge in [-0.15, -0.1) is 0 Å². The zero-order valence-electron chi connectivity index (χ0n) is 13.2. The molecule has 0 unspecified atom stereocenters. The molecule has 2 rings (SSSR count). The van der Waals surface area contributed by atoms with E-state index in [4.69, 9.17) is 0 Å². The van der Waals surface area contributed by atoms with Crippen molar-refractivity contribution in [2.45, 2.75) is 26.1 Å². The van der Waals surface area contributed by atoms with Gasteiger partial charge in [0, 0.05) is 57.4 Å². The number of nitrogens with zero attached hydrogens (tertiary/aromatic N) is 4. The minimum Gasteiger partial charge on any atom is -0.362 e. The summed E-state index contributed by atoms with van der Waals surface area (Å²) in [6, 6.07) is 3.64. The number of imidazole rings is 1. The molecule has 118 valence electrons. The van der Waals surface area contributed by atoms with Gasteiger partial charge in [-0.25, -0.2) is 14.8 Å². The Hall–Kier alpha value is -2.57. The van der Waals surface area contributed by atoms with Crippen molar-refractivity contribution in [2.75, 3.05) is 19.0 Å². The molecule has 0 saturated carbocycles. The van der Waals surface area contributed by atoms with E-state index in [2.05, 4.69) is 20.6 Å². The molecule has 0 aliphatic rings. The summed E-state index contributed by atoms with van der Waals surface area (Å²) in [6.07, 6.45) is 7.06. The first kappa shape index (κ1) is 15.8. The van der Waals surface area contributed by atoms with E-state index in [1.807, 2.05) is 48.8 Å². The van der Waals surface area contributed by atoms with Crippen LogP contribution in [0.1, 0.15) is 12.5 Å². The molecular weight excluding hydrogens is 280 g/mol. The van der Waals surface area contributed by atoms with Crippen molar-refractivity contribution >= 4 is 11.8 Å². The Kier molecular flexibility index (Phi) is 5.35. The number of rotatable bonds is 6.